The molecule has 1 rings (SSSR count). The number of carbonyl (C=O) groups is 1. The zero-order valence-electron chi connectivity index (χ0n) is 10.9. The van der Waals surface area contributed by atoms with Gasteiger partial charge in [0.25, 0.3) is 0 Å². The summed E-state index contributed by atoms with van der Waals surface area (Å²) in [6, 6.07) is 3.19. The van der Waals surface area contributed by atoms with Gasteiger partial charge in [0.1, 0.15) is 5.82 Å². The number of rotatable bonds is 8. The molecule has 0 aliphatic rings. The predicted octanol–water partition coefficient (Wildman–Crippen LogP) is 2.18. The van der Waals surface area contributed by atoms with Crippen molar-refractivity contribution in [2.24, 2.45) is 0 Å². The smallest absolute Gasteiger partial charge is 0.335 e. The van der Waals surface area contributed by atoms with Gasteiger partial charge < -0.3 is 15.2 Å². The summed E-state index contributed by atoms with van der Waals surface area (Å²) in [6.45, 7) is 3.43. The van der Waals surface area contributed by atoms with Gasteiger partial charge in [0.15, 0.2) is 0 Å². The standard InChI is InChI=1S/C13H20N2O3/c1-3-5-11-8-10(13(16)17)9-12(15-11)14-6-4-7-18-2/h8-9H,3-7H2,1-2H3,(H,14,15)(H,16,17). The fourth-order valence-electron chi connectivity index (χ4n) is 1.62. The van der Waals surface area contributed by atoms with Crippen LogP contribution in [0.1, 0.15) is 35.8 Å². The summed E-state index contributed by atoms with van der Waals surface area (Å²) in [4.78, 5) is 15.4. The molecule has 0 amide bonds. The van der Waals surface area contributed by atoms with Crippen molar-refractivity contribution >= 4 is 11.8 Å². The van der Waals surface area contributed by atoms with Crippen LogP contribution in [0, 0.1) is 0 Å². The highest BCUT2D eigenvalue weighted by atomic mass is 16.5. The number of aryl methyl sites for hydroxylation is 1. The van der Waals surface area contributed by atoms with E-state index >= 15 is 0 Å². The summed E-state index contributed by atoms with van der Waals surface area (Å²) in [5.74, 6) is -0.302. The molecule has 0 saturated heterocycles. The fraction of sp³-hybridized carbons (Fsp3) is 0.538. The first-order valence-corrected chi connectivity index (χ1v) is 6.14. The molecule has 0 unspecified atom stereocenters. The minimum absolute atomic E-state index is 0.280. The van der Waals surface area contributed by atoms with Crippen LogP contribution in [-0.2, 0) is 11.2 Å². The molecule has 2 N–H and O–H groups in total. The molecule has 0 aromatic carbocycles. The Kier molecular flexibility index (Phi) is 6.14. The molecule has 0 fully saturated rings. The molecule has 1 heterocycles. The van der Waals surface area contributed by atoms with E-state index in [-0.39, 0.29) is 5.56 Å². The molecule has 1 aromatic rings. The molecule has 0 bridgehead atoms. The topological polar surface area (TPSA) is 71.5 Å². The Morgan fingerprint density at radius 3 is 2.89 bits per heavy atom. The normalized spacial score (nSPS) is 10.3. The molecule has 0 spiro atoms. The van der Waals surface area contributed by atoms with Crippen molar-refractivity contribution in [3.8, 4) is 0 Å². The molecule has 0 radical (unpaired) electrons. The second kappa shape index (κ2) is 7.66. The van der Waals surface area contributed by atoms with Crippen LogP contribution in [-0.4, -0.2) is 36.3 Å². The molecule has 100 valence electrons. The molecule has 18 heavy (non-hydrogen) atoms. The van der Waals surface area contributed by atoms with Crippen molar-refractivity contribution in [1.29, 1.82) is 0 Å². The Morgan fingerprint density at radius 1 is 1.50 bits per heavy atom. The van der Waals surface area contributed by atoms with E-state index in [9.17, 15) is 4.79 Å². The van der Waals surface area contributed by atoms with E-state index < -0.39 is 5.97 Å². The van der Waals surface area contributed by atoms with Gasteiger partial charge in [-0.25, -0.2) is 9.78 Å². The van der Waals surface area contributed by atoms with E-state index in [1.807, 2.05) is 6.92 Å². The number of hydrogen-bond acceptors (Lipinski definition) is 4. The molecule has 0 aliphatic heterocycles. The summed E-state index contributed by atoms with van der Waals surface area (Å²) in [5.41, 5.74) is 1.09. The summed E-state index contributed by atoms with van der Waals surface area (Å²) in [5, 5.41) is 12.2. The van der Waals surface area contributed by atoms with Crippen molar-refractivity contribution < 1.29 is 14.6 Å². The molecule has 1 aromatic heterocycles. The predicted molar refractivity (Wildman–Crippen MR) is 70.2 cm³/mol. The average molecular weight is 252 g/mol. The van der Waals surface area contributed by atoms with E-state index in [0.717, 1.165) is 31.5 Å². The summed E-state index contributed by atoms with van der Waals surface area (Å²) >= 11 is 0. The number of nitrogens with zero attached hydrogens (tertiary/aromatic N) is 1. The minimum Gasteiger partial charge on any atom is -0.478 e. The van der Waals surface area contributed by atoms with E-state index in [1.54, 1.807) is 19.2 Å². The Morgan fingerprint density at radius 2 is 2.28 bits per heavy atom. The van der Waals surface area contributed by atoms with Crippen molar-refractivity contribution in [3.63, 3.8) is 0 Å². The molecule has 5 heteroatoms. The van der Waals surface area contributed by atoms with Crippen LogP contribution in [0.3, 0.4) is 0 Å². The van der Waals surface area contributed by atoms with Crippen LogP contribution in [0.15, 0.2) is 12.1 Å². The lowest BCUT2D eigenvalue weighted by molar-refractivity contribution is 0.0696. The quantitative estimate of drug-likeness (QED) is 0.694. The van der Waals surface area contributed by atoms with Gasteiger partial charge >= 0.3 is 5.97 Å². The molecular weight excluding hydrogens is 232 g/mol. The average Bonchev–Trinajstić information content (AvgIpc) is 2.35. The van der Waals surface area contributed by atoms with Crippen LogP contribution < -0.4 is 5.32 Å². The van der Waals surface area contributed by atoms with Gasteiger partial charge in [-0.2, -0.15) is 0 Å². The minimum atomic E-state index is -0.922. The third-order valence-corrected chi connectivity index (χ3v) is 2.46. The van der Waals surface area contributed by atoms with Gasteiger partial charge in [-0.05, 0) is 25.0 Å². The lowest BCUT2D eigenvalue weighted by Crippen LogP contribution is -2.09. The number of aromatic nitrogens is 1. The first-order chi connectivity index (χ1) is 8.67. The van der Waals surface area contributed by atoms with E-state index in [2.05, 4.69) is 10.3 Å². The van der Waals surface area contributed by atoms with Gasteiger partial charge in [0.2, 0.25) is 0 Å². The van der Waals surface area contributed by atoms with Crippen LogP contribution >= 0.6 is 0 Å². The highest BCUT2D eigenvalue weighted by molar-refractivity contribution is 5.88. The van der Waals surface area contributed by atoms with Gasteiger partial charge in [-0.3, -0.25) is 0 Å². The zero-order valence-corrected chi connectivity index (χ0v) is 10.9. The van der Waals surface area contributed by atoms with Gasteiger partial charge in [-0.1, -0.05) is 13.3 Å². The first-order valence-electron chi connectivity index (χ1n) is 6.14. The summed E-state index contributed by atoms with van der Waals surface area (Å²) < 4.78 is 4.95. The van der Waals surface area contributed by atoms with E-state index in [0.29, 0.717) is 12.4 Å². The molecule has 0 aliphatic carbocycles. The lowest BCUT2D eigenvalue weighted by atomic mass is 10.1. The van der Waals surface area contributed by atoms with Gasteiger partial charge in [0.05, 0.1) is 5.56 Å². The third-order valence-electron chi connectivity index (χ3n) is 2.46. The number of methoxy groups -OCH3 is 1. The zero-order chi connectivity index (χ0) is 13.4. The van der Waals surface area contributed by atoms with Crippen LogP contribution in [0.5, 0.6) is 0 Å². The van der Waals surface area contributed by atoms with Crippen molar-refractivity contribution in [2.45, 2.75) is 26.2 Å². The summed E-state index contributed by atoms with van der Waals surface area (Å²) in [6.07, 6.45) is 2.59. The molecule has 0 saturated carbocycles. The molecule has 5 nitrogen and oxygen atoms in total. The maximum Gasteiger partial charge on any atom is 0.335 e. The van der Waals surface area contributed by atoms with Crippen molar-refractivity contribution in [1.82, 2.24) is 4.98 Å². The van der Waals surface area contributed by atoms with Crippen molar-refractivity contribution in [3.05, 3.63) is 23.4 Å². The Labute approximate surface area is 107 Å². The number of nitrogens with one attached hydrogen (secondary N) is 1. The second-order valence-corrected chi connectivity index (χ2v) is 4.06. The van der Waals surface area contributed by atoms with Gasteiger partial charge in [-0.15, -0.1) is 0 Å². The number of hydrogen-bond donors (Lipinski definition) is 2. The van der Waals surface area contributed by atoms with E-state index in [4.69, 9.17) is 9.84 Å². The second-order valence-electron chi connectivity index (χ2n) is 4.06. The first kappa shape index (κ1) is 14.4. The number of carboxylic acid groups (broad SMARTS) is 1. The van der Waals surface area contributed by atoms with Crippen molar-refractivity contribution in [2.75, 3.05) is 25.6 Å². The number of carboxylic acids is 1. The molecular formula is C13H20N2O3. The third kappa shape index (κ3) is 4.71. The number of anilines is 1. The number of aromatic carboxylic acids is 1. The van der Waals surface area contributed by atoms with Gasteiger partial charge in [0, 0.05) is 26.0 Å². The van der Waals surface area contributed by atoms with Crippen LogP contribution in [0.2, 0.25) is 0 Å². The SMILES string of the molecule is CCCc1cc(C(=O)O)cc(NCCCOC)n1. The lowest BCUT2D eigenvalue weighted by Gasteiger charge is -2.08. The number of ether oxygens (including phenoxy) is 1. The monoisotopic (exact) mass is 252 g/mol. The number of pyridine rings is 1. The Balaban J connectivity index is 2.72. The van der Waals surface area contributed by atoms with Crippen LogP contribution in [0.25, 0.3) is 0 Å². The largest absolute Gasteiger partial charge is 0.478 e. The maximum atomic E-state index is 11.0. The highest BCUT2D eigenvalue weighted by Gasteiger charge is 2.07. The molecule has 0 atom stereocenters. The summed E-state index contributed by atoms with van der Waals surface area (Å²) in [7, 11) is 1.66. The highest BCUT2D eigenvalue weighted by Crippen LogP contribution is 2.12. The Bertz CT molecular complexity index is 394. The van der Waals surface area contributed by atoms with Crippen LogP contribution in [0.4, 0.5) is 5.82 Å². The van der Waals surface area contributed by atoms with E-state index in [1.165, 1.54) is 0 Å². The maximum absolute atomic E-state index is 11.0. The fourth-order valence-corrected chi connectivity index (χ4v) is 1.62. The Hall–Kier alpha value is -1.62.